The fourth-order valence-corrected chi connectivity index (χ4v) is 4.24. The van der Waals surface area contributed by atoms with Gasteiger partial charge in [-0.2, -0.15) is 4.39 Å². The van der Waals surface area contributed by atoms with Gasteiger partial charge in [-0.05, 0) is 85.7 Å². The molecule has 1 rings (SSSR count). The smallest absolute Gasteiger partial charge is 0.364 e. The Bertz CT molecular complexity index is 498. The van der Waals surface area contributed by atoms with E-state index in [0.29, 0.717) is 23.5 Å². The Labute approximate surface area is 138 Å². The molecule has 0 atom stereocenters. The summed E-state index contributed by atoms with van der Waals surface area (Å²) in [6.45, 7) is 0. The molecule has 2 nitrogen and oxygen atoms in total. The zero-order valence-electron chi connectivity index (χ0n) is 7.70. The molecule has 0 aromatic heterocycles. The van der Waals surface area contributed by atoms with Crippen molar-refractivity contribution >= 4 is 91.7 Å². The van der Waals surface area contributed by atoms with Gasteiger partial charge in [-0.1, -0.05) is 0 Å². The summed E-state index contributed by atoms with van der Waals surface area (Å²) in [7, 11) is 0. The van der Waals surface area contributed by atoms with Crippen LogP contribution in [0.5, 0.6) is 0 Å². The first-order valence-electron chi connectivity index (χ1n) is 3.89. The average Bonchev–Trinajstić information content (AvgIpc) is 2.29. The van der Waals surface area contributed by atoms with Crippen LogP contribution in [0.3, 0.4) is 0 Å². The van der Waals surface area contributed by atoms with E-state index in [9.17, 15) is 9.18 Å². The topological polar surface area (TPSA) is 37.3 Å². The van der Waals surface area contributed by atoms with Crippen molar-refractivity contribution in [3.63, 3.8) is 0 Å². The van der Waals surface area contributed by atoms with E-state index in [1.165, 1.54) is 0 Å². The van der Waals surface area contributed by atoms with Crippen molar-refractivity contribution in [1.29, 1.82) is 0 Å². The van der Waals surface area contributed by atoms with Crippen LogP contribution in [0.1, 0.15) is 5.56 Å². The fraction of sp³-hybridized carbons (Fsp3) is 0. The van der Waals surface area contributed by atoms with Gasteiger partial charge >= 0.3 is 5.97 Å². The summed E-state index contributed by atoms with van der Waals surface area (Å²) in [6.07, 6.45) is 0.929. The van der Waals surface area contributed by atoms with Gasteiger partial charge in [-0.3, -0.25) is 0 Å². The highest BCUT2D eigenvalue weighted by atomic mass is 79.9. The molecule has 0 heterocycles. The van der Waals surface area contributed by atoms with E-state index >= 15 is 0 Å². The largest absolute Gasteiger partial charge is 0.476 e. The Kier molecular flexibility index (Phi) is 5.84. The van der Waals surface area contributed by atoms with E-state index in [-0.39, 0.29) is 0 Å². The molecule has 1 N–H and O–H groups in total. The van der Waals surface area contributed by atoms with Crippen LogP contribution in [0.4, 0.5) is 4.39 Å². The molecule has 0 amide bonds. The maximum absolute atomic E-state index is 13.1. The summed E-state index contributed by atoms with van der Waals surface area (Å²) in [4.78, 5) is 10.5. The maximum Gasteiger partial charge on any atom is 0.364 e. The van der Waals surface area contributed by atoms with Crippen LogP contribution in [0.15, 0.2) is 28.2 Å². The summed E-state index contributed by atoms with van der Waals surface area (Å²) >= 11 is 16.4. The van der Waals surface area contributed by atoms with E-state index in [4.69, 9.17) is 5.11 Å². The minimum Gasteiger partial charge on any atom is -0.476 e. The molecule has 0 unspecified atom stereocenters. The third-order valence-corrected chi connectivity index (χ3v) is 7.87. The molecule has 0 aliphatic heterocycles. The lowest BCUT2D eigenvalue weighted by Gasteiger charge is -2.10. The van der Waals surface area contributed by atoms with Gasteiger partial charge in [0, 0.05) is 27.9 Å². The van der Waals surface area contributed by atoms with Gasteiger partial charge in [0.25, 0.3) is 0 Å². The van der Waals surface area contributed by atoms with Crippen LogP contribution in [0.25, 0.3) is 6.08 Å². The minimum atomic E-state index is -1.61. The predicted molar refractivity (Wildman–Crippen MR) is 81.7 cm³/mol. The third-order valence-electron chi connectivity index (χ3n) is 1.72. The molecule has 0 saturated heterocycles. The lowest BCUT2D eigenvalue weighted by Crippen LogP contribution is -1.95. The lowest BCUT2D eigenvalue weighted by atomic mass is 10.2. The average molecular weight is 561 g/mol. The summed E-state index contributed by atoms with van der Waals surface area (Å²) in [5.41, 5.74) is 0.381. The van der Waals surface area contributed by atoms with Gasteiger partial charge in [-0.25, -0.2) is 4.79 Å². The molecule has 17 heavy (non-hydrogen) atoms. The van der Waals surface area contributed by atoms with Crippen LogP contribution in [-0.4, -0.2) is 11.1 Å². The number of aliphatic carboxylic acids is 1. The Morgan fingerprint density at radius 2 is 1.29 bits per heavy atom. The monoisotopic (exact) mass is 556 g/mol. The van der Waals surface area contributed by atoms with Crippen molar-refractivity contribution in [3.8, 4) is 0 Å². The molecule has 1 aromatic rings. The third kappa shape index (κ3) is 3.40. The molecule has 0 bridgehead atoms. The van der Waals surface area contributed by atoms with E-state index < -0.39 is 11.8 Å². The first-order valence-corrected chi connectivity index (χ1v) is 7.85. The zero-order chi connectivity index (χ0) is 13.3. The quantitative estimate of drug-likeness (QED) is 0.278. The normalized spacial score (nSPS) is 11.8. The molecule has 92 valence electrons. The summed E-state index contributed by atoms with van der Waals surface area (Å²) in [5.74, 6) is -2.86. The van der Waals surface area contributed by atoms with Crippen molar-refractivity contribution in [2.24, 2.45) is 0 Å². The predicted octanol–water partition coefficient (Wildman–Crippen LogP) is 5.89. The number of carboxylic acid groups (broad SMARTS) is 1. The highest BCUT2D eigenvalue weighted by Gasteiger charge is 2.18. The number of rotatable bonds is 2. The Balaban J connectivity index is 3.56. The van der Waals surface area contributed by atoms with Gasteiger partial charge < -0.3 is 5.11 Å². The molecule has 0 aliphatic rings. The summed E-state index contributed by atoms with van der Waals surface area (Å²) in [5, 5.41) is 8.51. The molecular formula is C9H2Br5FO2. The molecule has 0 fully saturated rings. The molecule has 0 saturated carbocycles. The first-order chi connectivity index (χ1) is 7.77. The van der Waals surface area contributed by atoms with Crippen molar-refractivity contribution < 1.29 is 14.3 Å². The molecule has 0 spiro atoms. The lowest BCUT2D eigenvalue weighted by molar-refractivity contribution is -0.134. The second-order valence-electron chi connectivity index (χ2n) is 2.78. The molecule has 8 heteroatoms. The Hall–Kier alpha value is 0.760. The van der Waals surface area contributed by atoms with E-state index in [0.717, 1.165) is 10.5 Å². The van der Waals surface area contributed by atoms with E-state index in [2.05, 4.69) is 79.6 Å². The number of halogens is 6. The van der Waals surface area contributed by atoms with Crippen molar-refractivity contribution in [2.75, 3.05) is 0 Å². The SMILES string of the molecule is O=C(O)C(F)=Cc1c(Br)c(Br)c(Br)c(Br)c1Br. The molecule has 1 aromatic carbocycles. The van der Waals surface area contributed by atoms with Gasteiger partial charge in [0.05, 0.1) is 0 Å². The van der Waals surface area contributed by atoms with Crippen LogP contribution in [0, 0.1) is 0 Å². The number of benzene rings is 1. The highest BCUT2D eigenvalue weighted by Crippen LogP contribution is 2.45. The minimum absolute atomic E-state index is 0.381. The van der Waals surface area contributed by atoms with Crippen molar-refractivity contribution in [2.45, 2.75) is 0 Å². The van der Waals surface area contributed by atoms with Crippen molar-refractivity contribution in [3.05, 3.63) is 33.8 Å². The molecule has 0 aliphatic carbocycles. The van der Waals surface area contributed by atoms with E-state index in [1.807, 2.05) is 0 Å². The highest BCUT2D eigenvalue weighted by molar-refractivity contribution is 9.15. The second-order valence-corrected chi connectivity index (χ2v) is 6.75. The van der Waals surface area contributed by atoms with Gasteiger partial charge in [0.2, 0.25) is 5.83 Å². The fourth-order valence-electron chi connectivity index (χ4n) is 0.937. The first kappa shape index (κ1) is 15.8. The van der Waals surface area contributed by atoms with Gasteiger partial charge in [0.1, 0.15) is 0 Å². The van der Waals surface area contributed by atoms with Crippen LogP contribution in [-0.2, 0) is 4.79 Å². The summed E-state index contributed by atoms with van der Waals surface area (Å²) < 4.78 is 16.2. The zero-order valence-corrected chi connectivity index (χ0v) is 15.6. The van der Waals surface area contributed by atoms with Gasteiger partial charge in [-0.15, -0.1) is 0 Å². The number of hydrogen-bond donors (Lipinski definition) is 1. The Morgan fingerprint density at radius 3 is 1.65 bits per heavy atom. The molecule has 0 radical (unpaired) electrons. The molecular weight excluding hydrogens is 559 g/mol. The van der Waals surface area contributed by atoms with Crippen LogP contribution in [0.2, 0.25) is 0 Å². The van der Waals surface area contributed by atoms with Crippen LogP contribution < -0.4 is 0 Å². The number of carboxylic acids is 1. The van der Waals surface area contributed by atoms with Gasteiger partial charge in [0.15, 0.2) is 0 Å². The number of hydrogen-bond acceptors (Lipinski definition) is 1. The Morgan fingerprint density at radius 1 is 0.941 bits per heavy atom. The standard InChI is InChI=1S/C9H2Br5FO2/c10-4-2(1-3(15)9(16)17)5(11)7(13)8(14)6(4)12/h1H,(H,16,17). The van der Waals surface area contributed by atoms with Crippen LogP contribution >= 0.6 is 79.6 Å². The second kappa shape index (κ2) is 6.27. The van der Waals surface area contributed by atoms with E-state index in [1.54, 1.807) is 0 Å². The van der Waals surface area contributed by atoms with Crippen molar-refractivity contribution in [1.82, 2.24) is 0 Å². The summed E-state index contributed by atoms with van der Waals surface area (Å²) in [6, 6.07) is 0. The maximum atomic E-state index is 13.1. The number of carbonyl (C=O) groups is 1.